The van der Waals surface area contributed by atoms with Gasteiger partial charge in [0.1, 0.15) is 17.0 Å². The molecule has 0 radical (unpaired) electrons. The van der Waals surface area contributed by atoms with E-state index in [0.717, 1.165) is 47.5 Å². The maximum atomic E-state index is 13.3. The maximum Gasteiger partial charge on any atom is 0.226 e. The summed E-state index contributed by atoms with van der Waals surface area (Å²) in [6.07, 6.45) is 8.84. The minimum Gasteiger partial charge on any atom is -0.356 e. The molecule has 160 valence electrons. The second-order valence-corrected chi connectivity index (χ2v) is 9.51. The fourth-order valence-electron chi connectivity index (χ4n) is 4.24. The molecular formula is C25H28N4OS. The van der Waals surface area contributed by atoms with E-state index in [1.807, 2.05) is 4.90 Å². The van der Waals surface area contributed by atoms with Gasteiger partial charge < -0.3 is 9.80 Å². The molecule has 0 aliphatic carbocycles. The summed E-state index contributed by atoms with van der Waals surface area (Å²) in [6, 6.07) is 8.28. The molecule has 1 fully saturated rings. The lowest BCUT2D eigenvalue weighted by atomic mass is 9.94. The molecule has 0 unspecified atom stereocenters. The first-order valence-electron chi connectivity index (χ1n) is 10.7. The van der Waals surface area contributed by atoms with Gasteiger partial charge in [0, 0.05) is 30.4 Å². The summed E-state index contributed by atoms with van der Waals surface area (Å²) in [5, 5.41) is 1.16. The van der Waals surface area contributed by atoms with Crippen LogP contribution >= 0.6 is 11.3 Å². The molecule has 2 aromatic heterocycles. The molecule has 1 aliphatic heterocycles. The highest BCUT2D eigenvalue weighted by Gasteiger charge is 2.30. The molecule has 1 saturated heterocycles. The highest BCUT2D eigenvalue weighted by atomic mass is 32.1. The number of hydrogen-bond donors (Lipinski definition) is 0. The smallest absolute Gasteiger partial charge is 0.226 e. The van der Waals surface area contributed by atoms with Crippen LogP contribution in [0.3, 0.4) is 0 Å². The summed E-state index contributed by atoms with van der Waals surface area (Å²) in [7, 11) is 0. The molecule has 5 nitrogen and oxygen atoms in total. The number of benzene rings is 1. The molecule has 6 heteroatoms. The van der Waals surface area contributed by atoms with Crippen LogP contribution in [-0.2, 0) is 11.3 Å². The molecule has 0 N–H and O–H groups in total. The van der Waals surface area contributed by atoms with Crippen LogP contribution in [-0.4, -0.2) is 40.4 Å². The lowest BCUT2D eigenvalue weighted by Gasteiger charge is -2.34. The summed E-state index contributed by atoms with van der Waals surface area (Å²) in [5.74, 6) is 3.82. The molecule has 1 aromatic carbocycles. The van der Waals surface area contributed by atoms with E-state index >= 15 is 0 Å². The van der Waals surface area contributed by atoms with Crippen LogP contribution in [0, 0.1) is 39.0 Å². The minimum absolute atomic E-state index is 0.00214. The van der Waals surface area contributed by atoms with Crippen LogP contribution in [0.2, 0.25) is 0 Å². The molecule has 0 saturated carbocycles. The van der Waals surface area contributed by atoms with Gasteiger partial charge >= 0.3 is 0 Å². The number of hydrogen-bond acceptors (Lipinski definition) is 5. The van der Waals surface area contributed by atoms with Crippen molar-refractivity contribution < 1.29 is 4.79 Å². The fourth-order valence-corrected chi connectivity index (χ4v) is 5.23. The van der Waals surface area contributed by atoms with E-state index in [-0.39, 0.29) is 11.8 Å². The van der Waals surface area contributed by atoms with Crippen molar-refractivity contribution in [1.29, 1.82) is 0 Å². The third kappa shape index (κ3) is 4.42. The number of carbonyl (C=O) groups excluding carboxylic acids is 1. The zero-order chi connectivity index (χ0) is 22.0. The number of amides is 1. The van der Waals surface area contributed by atoms with Crippen molar-refractivity contribution in [3.05, 3.63) is 52.2 Å². The highest BCUT2D eigenvalue weighted by molar-refractivity contribution is 7.18. The Hall–Kier alpha value is -2.91. The van der Waals surface area contributed by atoms with Crippen LogP contribution in [0.25, 0.3) is 10.2 Å². The Morgan fingerprint density at radius 3 is 2.58 bits per heavy atom. The zero-order valence-electron chi connectivity index (χ0n) is 18.4. The van der Waals surface area contributed by atoms with Crippen LogP contribution in [0.1, 0.15) is 34.4 Å². The van der Waals surface area contributed by atoms with Gasteiger partial charge in [-0.25, -0.2) is 9.97 Å². The van der Waals surface area contributed by atoms with Crippen molar-refractivity contribution >= 4 is 33.3 Å². The quantitative estimate of drug-likeness (QED) is 0.557. The van der Waals surface area contributed by atoms with Crippen molar-refractivity contribution in [2.24, 2.45) is 5.92 Å². The highest BCUT2D eigenvalue weighted by Crippen LogP contribution is 2.35. The lowest BCUT2D eigenvalue weighted by Crippen LogP contribution is -2.42. The van der Waals surface area contributed by atoms with Gasteiger partial charge in [0.15, 0.2) is 0 Å². The van der Waals surface area contributed by atoms with Gasteiger partial charge in [0.2, 0.25) is 5.91 Å². The standard InChI is InChI=1S/C25H28N4OS/c1-5-12-29(15-20-8-6-17(2)7-9-20)25(30)21-10-13-28(14-11-21)23-22-18(3)19(4)31-24(22)27-16-26-23/h1,6-9,16,21H,10-15H2,2-4H3. The number of aryl methyl sites for hydroxylation is 3. The number of aromatic nitrogens is 2. The number of fused-ring (bicyclic) bond motifs is 1. The van der Waals surface area contributed by atoms with Crippen molar-refractivity contribution in [2.75, 3.05) is 24.5 Å². The topological polar surface area (TPSA) is 49.3 Å². The third-order valence-electron chi connectivity index (χ3n) is 6.18. The van der Waals surface area contributed by atoms with Crippen LogP contribution < -0.4 is 4.90 Å². The average Bonchev–Trinajstić information content (AvgIpc) is 3.08. The van der Waals surface area contributed by atoms with E-state index in [4.69, 9.17) is 6.42 Å². The lowest BCUT2D eigenvalue weighted by molar-refractivity contribution is -0.136. The van der Waals surface area contributed by atoms with Gasteiger partial charge in [-0.15, -0.1) is 17.8 Å². The van der Waals surface area contributed by atoms with Crippen LogP contribution in [0.15, 0.2) is 30.6 Å². The van der Waals surface area contributed by atoms with Gasteiger partial charge in [-0.05, 0) is 44.7 Å². The fraction of sp³-hybridized carbons (Fsp3) is 0.400. The van der Waals surface area contributed by atoms with Gasteiger partial charge in [0.05, 0.1) is 11.9 Å². The molecule has 4 rings (SSSR count). The van der Waals surface area contributed by atoms with E-state index in [0.29, 0.717) is 13.1 Å². The van der Waals surface area contributed by atoms with E-state index in [1.165, 1.54) is 16.0 Å². The number of rotatable bonds is 5. The Balaban J connectivity index is 1.45. The molecule has 3 heterocycles. The average molecular weight is 433 g/mol. The number of thiophene rings is 1. The van der Waals surface area contributed by atoms with E-state index in [9.17, 15) is 4.79 Å². The van der Waals surface area contributed by atoms with Crippen molar-refractivity contribution in [2.45, 2.75) is 40.2 Å². The van der Waals surface area contributed by atoms with Gasteiger partial charge in [-0.1, -0.05) is 35.7 Å². The summed E-state index contributed by atoms with van der Waals surface area (Å²) < 4.78 is 0. The largest absolute Gasteiger partial charge is 0.356 e. The summed E-state index contributed by atoms with van der Waals surface area (Å²) in [4.78, 5) is 28.8. The second kappa shape index (κ2) is 9.07. The van der Waals surface area contributed by atoms with Crippen LogP contribution in [0.4, 0.5) is 5.82 Å². The van der Waals surface area contributed by atoms with Crippen molar-refractivity contribution in [3.8, 4) is 12.3 Å². The zero-order valence-corrected chi connectivity index (χ0v) is 19.2. The Kier molecular flexibility index (Phi) is 6.24. The predicted molar refractivity (Wildman–Crippen MR) is 127 cm³/mol. The Bertz CT molecular complexity index is 1120. The Morgan fingerprint density at radius 2 is 1.90 bits per heavy atom. The second-order valence-electron chi connectivity index (χ2n) is 8.31. The van der Waals surface area contributed by atoms with E-state index in [1.54, 1.807) is 17.7 Å². The third-order valence-corrected chi connectivity index (χ3v) is 7.29. The van der Waals surface area contributed by atoms with E-state index < -0.39 is 0 Å². The normalized spacial score (nSPS) is 14.6. The first kappa shape index (κ1) is 21.3. The van der Waals surface area contributed by atoms with Crippen molar-refractivity contribution in [1.82, 2.24) is 14.9 Å². The van der Waals surface area contributed by atoms with Crippen LogP contribution in [0.5, 0.6) is 0 Å². The van der Waals surface area contributed by atoms with E-state index in [2.05, 4.69) is 65.8 Å². The molecular weight excluding hydrogens is 404 g/mol. The number of piperidine rings is 1. The van der Waals surface area contributed by atoms with Crippen molar-refractivity contribution in [3.63, 3.8) is 0 Å². The molecule has 1 aliphatic rings. The summed E-state index contributed by atoms with van der Waals surface area (Å²) in [6.45, 7) is 8.85. The van der Waals surface area contributed by atoms with Gasteiger partial charge in [-0.3, -0.25) is 4.79 Å². The Labute approximate surface area is 188 Å². The number of nitrogens with zero attached hydrogens (tertiary/aromatic N) is 4. The minimum atomic E-state index is -0.00214. The summed E-state index contributed by atoms with van der Waals surface area (Å²) >= 11 is 1.72. The summed E-state index contributed by atoms with van der Waals surface area (Å²) in [5.41, 5.74) is 3.58. The number of anilines is 1. The Morgan fingerprint density at radius 1 is 1.19 bits per heavy atom. The molecule has 1 amide bonds. The molecule has 3 aromatic rings. The first-order valence-corrected chi connectivity index (χ1v) is 11.5. The monoisotopic (exact) mass is 432 g/mol. The number of terminal acetylenes is 1. The van der Waals surface area contributed by atoms with Gasteiger partial charge in [-0.2, -0.15) is 0 Å². The molecule has 31 heavy (non-hydrogen) atoms. The first-order chi connectivity index (χ1) is 15.0. The SMILES string of the molecule is C#CCN(Cc1ccc(C)cc1)C(=O)C1CCN(c2ncnc3sc(C)c(C)c23)CC1. The number of carbonyl (C=O) groups is 1. The molecule has 0 bridgehead atoms. The molecule has 0 spiro atoms. The maximum absolute atomic E-state index is 13.3. The predicted octanol–water partition coefficient (Wildman–Crippen LogP) is 4.49. The molecule has 0 atom stereocenters. The van der Waals surface area contributed by atoms with Gasteiger partial charge in [0.25, 0.3) is 0 Å².